The molecular formula is C9H7FO2S. The van der Waals surface area contributed by atoms with Gasteiger partial charge in [-0.15, -0.1) is 11.8 Å². The Hall–Kier alpha value is -1.03. The zero-order valence-corrected chi connectivity index (χ0v) is 7.47. The Kier molecular flexibility index (Phi) is 2.00. The van der Waals surface area contributed by atoms with Crippen LogP contribution in [0, 0.1) is 5.82 Å². The Morgan fingerprint density at radius 3 is 3.08 bits per heavy atom. The van der Waals surface area contributed by atoms with Crippen LogP contribution >= 0.6 is 11.8 Å². The molecule has 68 valence electrons. The third-order valence-corrected chi connectivity index (χ3v) is 3.22. The Morgan fingerprint density at radius 2 is 2.38 bits per heavy atom. The molecule has 1 heterocycles. The van der Waals surface area contributed by atoms with E-state index in [0.717, 1.165) is 10.5 Å². The summed E-state index contributed by atoms with van der Waals surface area (Å²) in [5.41, 5.74) is 0.735. The van der Waals surface area contributed by atoms with Crippen molar-refractivity contribution in [3.8, 4) is 0 Å². The molecule has 1 aliphatic rings. The minimum Gasteiger partial charge on any atom is -0.481 e. The van der Waals surface area contributed by atoms with Crippen LogP contribution in [-0.2, 0) is 4.79 Å². The van der Waals surface area contributed by atoms with Crippen molar-refractivity contribution in [1.29, 1.82) is 0 Å². The van der Waals surface area contributed by atoms with E-state index in [2.05, 4.69) is 0 Å². The predicted molar refractivity (Wildman–Crippen MR) is 47.5 cm³/mol. The number of hydrogen-bond donors (Lipinski definition) is 1. The maximum absolute atomic E-state index is 12.7. The van der Waals surface area contributed by atoms with Crippen molar-refractivity contribution in [2.75, 3.05) is 5.75 Å². The van der Waals surface area contributed by atoms with E-state index in [1.807, 2.05) is 0 Å². The van der Waals surface area contributed by atoms with Crippen molar-refractivity contribution in [2.45, 2.75) is 10.8 Å². The van der Waals surface area contributed by atoms with Crippen molar-refractivity contribution in [1.82, 2.24) is 0 Å². The van der Waals surface area contributed by atoms with Gasteiger partial charge in [0.1, 0.15) is 5.82 Å². The fourth-order valence-electron chi connectivity index (χ4n) is 1.39. The van der Waals surface area contributed by atoms with Gasteiger partial charge in [0, 0.05) is 10.6 Å². The van der Waals surface area contributed by atoms with Crippen LogP contribution in [0.25, 0.3) is 0 Å². The van der Waals surface area contributed by atoms with Crippen molar-refractivity contribution in [2.24, 2.45) is 0 Å². The number of carbonyl (C=O) groups is 1. The molecule has 0 aliphatic carbocycles. The Balaban J connectivity index is 2.44. The number of rotatable bonds is 1. The second kappa shape index (κ2) is 3.03. The lowest BCUT2D eigenvalue weighted by Gasteiger charge is -2.03. The SMILES string of the molecule is O=C(O)C1CSc2cc(F)ccc21. The molecule has 0 bridgehead atoms. The third kappa shape index (κ3) is 1.42. The molecule has 0 saturated carbocycles. The van der Waals surface area contributed by atoms with E-state index in [-0.39, 0.29) is 5.82 Å². The molecule has 0 amide bonds. The number of hydrogen-bond acceptors (Lipinski definition) is 2. The van der Waals surface area contributed by atoms with E-state index in [4.69, 9.17) is 5.11 Å². The number of halogens is 1. The average Bonchev–Trinajstić information content (AvgIpc) is 2.46. The van der Waals surface area contributed by atoms with E-state index in [1.54, 1.807) is 6.07 Å². The number of fused-ring (bicyclic) bond motifs is 1. The zero-order valence-electron chi connectivity index (χ0n) is 6.66. The molecule has 4 heteroatoms. The molecule has 0 spiro atoms. The number of aliphatic carboxylic acids is 1. The Labute approximate surface area is 78.8 Å². The summed E-state index contributed by atoms with van der Waals surface area (Å²) in [4.78, 5) is 11.5. The molecule has 1 N–H and O–H groups in total. The number of benzene rings is 1. The van der Waals surface area contributed by atoms with E-state index in [0.29, 0.717) is 5.75 Å². The fraction of sp³-hybridized carbons (Fsp3) is 0.222. The van der Waals surface area contributed by atoms with E-state index in [9.17, 15) is 9.18 Å². The summed E-state index contributed by atoms with van der Waals surface area (Å²) in [6.45, 7) is 0. The molecule has 0 saturated heterocycles. The van der Waals surface area contributed by atoms with Crippen LogP contribution in [-0.4, -0.2) is 16.8 Å². The highest BCUT2D eigenvalue weighted by Gasteiger charge is 2.28. The van der Waals surface area contributed by atoms with E-state index in [1.165, 1.54) is 23.9 Å². The maximum atomic E-state index is 12.7. The summed E-state index contributed by atoms with van der Waals surface area (Å²) in [7, 11) is 0. The standard InChI is InChI=1S/C9H7FO2S/c10-5-1-2-6-7(9(11)12)4-13-8(6)3-5/h1-3,7H,4H2,(H,11,12). The zero-order chi connectivity index (χ0) is 9.42. The van der Waals surface area contributed by atoms with E-state index < -0.39 is 11.9 Å². The fourth-order valence-corrected chi connectivity index (χ4v) is 2.63. The van der Waals surface area contributed by atoms with Gasteiger partial charge in [0.2, 0.25) is 0 Å². The molecule has 0 fully saturated rings. The topological polar surface area (TPSA) is 37.3 Å². The van der Waals surface area contributed by atoms with Gasteiger partial charge in [-0.3, -0.25) is 4.79 Å². The molecule has 1 aliphatic heterocycles. The van der Waals surface area contributed by atoms with E-state index >= 15 is 0 Å². The molecule has 0 aromatic heterocycles. The van der Waals surface area contributed by atoms with Crippen LogP contribution in [0.3, 0.4) is 0 Å². The lowest BCUT2D eigenvalue weighted by atomic mass is 10.0. The molecule has 1 unspecified atom stereocenters. The maximum Gasteiger partial charge on any atom is 0.311 e. The van der Waals surface area contributed by atoms with Crippen molar-refractivity contribution >= 4 is 17.7 Å². The van der Waals surface area contributed by atoms with Crippen molar-refractivity contribution < 1.29 is 14.3 Å². The van der Waals surface area contributed by atoms with Crippen LogP contribution in [0.15, 0.2) is 23.1 Å². The second-order valence-corrected chi connectivity index (χ2v) is 3.95. The summed E-state index contributed by atoms with van der Waals surface area (Å²) in [5, 5.41) is 8.82. The van der Waals surface area contributed by atoms with Crippen LogP contribution in [0.2, 0.25) is 0 Å². The molecule has 1 aromatic rings. The van der Waals surface area contributed by atoms with Crippen LogP contribution in [0.1, 0.15) is 11.5 Å². The van der Waals surface area contributed by atoms with Crippen molar-refractivity contribution in [3.63, 3.8) is 0 Å². The molecular weight excluding hydrogens is 191 g/mol. The molecule has 2 nitrogen and oxygen atoms in total. The van der Waals surface area contributed by atoms with Gasteiger partial charge >= 0.3 is 5.97 Å². The lowest BCUT2D eigenvalue weighted by molar-refractivity contribution is -0.138. The molecule has 1 atom stereocenters. The van der Waals surface area contributed by atoms with Crippen LogP contribution in [0.5, 0.6) is 0 Å². The van der Waals surface area contributed by atoms with Gasteiger partial charge in [-0.1, -0.05) is 6.07 Å². The average molecular weight is 198 g/mol. The minimum atomic E-state index is -0.835. The second-order valence-electron chi connectivity index (χ2n) is 2.88. The first-order valence-electron chi connectivity index (χ1n) is 3.83. The van der Waals surface area contributed by atoms with Gasteiger partial charge in [-0.25, -0.2) is 4.39 Å². The minimum absolute atomic E-state index is 0.308. The first-order valence-corrected chi connectivity index (χ1v) is 4.82. The van der Waals surface area contributed by atoms with Gasteiger partial charge < -0.3 is 5.11 Å². The molecule has 13 heavy (non-hydrogen) atoms. The number of carboxylic acids is 1. The highest BCUT2D eigenvalue weighted by Crippen LogP contribution is 2.39. The molecule has 2 rings (SSSR count). The van der Waals surface area contributed by atoms with Gasteiger partial charge in [0.25, 0.3) is 0 Å². The largest absolute Gasteiger partial charge is 0.481 e. The highest BCUT2D eigenvalue weighted by molar-refractivity contribution is 7.99. The van der Waals surface area contributed by atoms with Gasteiger partial charge in [-0.2, -0.15) is 0 Å². The summed E-state index contributed by atoms with van der Waals surface area (Å²) < 4.78 is 12.7. The first-order chi connectivity index (χ1) is 6.18. The number of thioether (sulfide) groups is 1. The van der Waals surface area contributed by atoms with Gasteiger partial charge in [0.05, 0.1) is 5.92 Å². The summed E-state index contributed by atoms with van der Waals surface area (Å²) in [6.07, 6.45) is 0. The van der Waals surface area contributed by atoms with Gasteiger partial charge in [-0.05, 0) is 17.7 Å². The number of carboxylic acid groups (broad SMARTS) is 1. The lowest BCUT2D eigenvalue weighted by Crippen LogP contribution is -2.10. The molecule has 0 radical (unpaired) electrons. The predicted octanol–water partition coefficient (Wildman–Crippen LogP) is 2.10. The van der Waals surface area contributed by atoms with Gasteiger partial charge in [0.15, 0.2) is 0 Å². The first kappa shape index (κ1) is 8.56. The smallest absolute Gasteiger partial charge is 0.311 e. The summed E-state index contributed by atoms with van der Waals surface area (Å²) in [5.74, 6) is -1.11. The quantitative estimate of drug-likeness (QED) is 0.750. The summed E-state index contributed by atoms with van der Waals surface area (Å²) >= 11 is 1.40. The summed E-state index contributed by atoms with van der Waals surface area (Å²) in [6, 6.07) is 4.26. The normalized spacial score (nSPS) is 19.9. The molecule has 1 aromatic carbocycles. The third-order valence-electron chi connectivity index (χ3n) is 2.05. The van der Waals surface area contributed by atoms with Crippen LogP contribution < -0.4 is 0 Å². The van der Waals surface area contributed by atoms with Crippen LogP contribution in [0.4, 0.5) is 4.39 Å². The Bertz CT molecular complexity index is 365. The highest BCUT2D eigenvalue weighted by atomic mass is 32.2. The monoisotopic (exact) mass is 198 g/mol. The van der Waals surface area contributed by atoms with Crippen molar-refractivity contribution in [3.05, 3.63) is 29.6 Å². The Morgan fingerprint density at radius 1 is 1.62 bits per heavy atom.